The van der Waals surface area contributed by atoms with Gasteiger partial charge in [-0.25, -0.2) is 4.79 Å². The van der Waals surface area contributed by atoms with E-state index in [1.165, 1.54) is 24.3 Å². The third kappa shape index (κ3) is 6.70. The van der Waals surface area contributed by atoms with E-state index in [2.05, 4.69) is 5.32 Å². The molecule has 8 nitrogen and oxygen atoms in total. The minimum atomic E-state index is -0.633. The third-order valence-electron chi connectivity index (χ3n) is 4.00. The van der Waals surface area contributed by atoms with Crippen molar-refractivity contribution in [3.8, 4) is 0 Å². The molecule has 1 amide bonds. The summed E-state index contributed by atoms with van der Waals surface area (Å²) >= 11 is 1.14. The molecule has 0 unspecified atom stereocenters. The van der Waals surface area contributed by atoms with Gasteiger partial charge in [-0.3, -0.25) is 19.7 Å². The minimum absolute atomic E-state index is 0.0161. The normalized spacial score (nSPS) is 10.9. The number of nitrogens with zero attached hydrogens (tertiary/aromatic N) is 1. The second kappa shape index (κ2) is 10.0. The standard InChI is InChI=1S/C21H22N2O6S/c1-21(2,3)18(24)12-29-20(26)16-6-4-5-7-17(16)30-13-19(25)22-14-8-10-15(11-9-14)23(27)28/h4-11H,12-13H2,1-3H3,(H,22,25). The predicted molar refractivity (Wildman–Crippen MR) is 114 cm³/mol. The number of anilines is 1. The van der Waals surface area contributed by atoms with Crippen molar-refractivity contribution < 1.29 is 24.0 Å². The van der Waals surface area contributed by atoms with Gasteiger partial charge in [0.05, 0.1) is 16.2 Å². The Kier molecular flexibility index (Phi) is 7.71. The molecule has 158 valence electrons. The van der Waals surface area contributed by atoms with E-state index >= 15 is 0 Å². The second-order valence-electron chi connectivity index (χ2n) is 7.39. The summed E-state index contributed by atoms with van der Waals surface area (Å²) in [4.78, 5) is 47.2. The summed E-state index contributed by atoms with van der Waals surface area (Å²) in [7, 11) is 0. The van der Waals surface area contributed by atoms with Gasteiger partial charge in [-0.05, 0) is 24.3 Å². The summed E-state index contributed by atoms with van der Waals surface area (Å²) in [5.41, 5.74) is 0.0246. The van der Waals surface area contributed by atoms with Crippen LogP contribution in [-0.2, 0) is 14.3 Å². The van der Waals surface area contributed by atoms with Gasteiger partial charge in [-0.2, -0.15) is 0 Å². The molecule has 0 aliphatic carbocycles. The number of ketones is 1. The lowest BCUT2D eigenvalue weighted by molar-refractivity contribution is -0.384. The van der Waals surface area contributed by atoms with Gasteiger partial charge >= 0.3 is 5.97 Å². The molecular formula is C21H22N2O6S. The third-order valence-corrected chi connectivity index (χ3v) is 5.07. The molecule has 30 heavy (non-hydrogen) atoms. The van der Waals surface area contributed by atoms with E-state index in [0.717, 1.165) is 11.8 Å². The summed E-state index contributed by atoms with van der Waals surface area (Å²) in [6, 6.07) is 12.1. The van der Waals surface area contributed by atoms with Crippen LogP contribution in [0.1, 0.15) is 31.1 Å². The Morgan fingerprint density at radius 2 is 1.70 bits per heavy atom. The van der Waals surface area contributed by atoms with Crippen LogP contribution in [0, 0.1) is 15.5 Å². The van der Waals surface area contributed by atoms with Crippen molar-refractivity contribution in [1.29, 1.82) is 0 Å². The Balaban J connectivity index is 1.95. The summed E-state index contributed by atoms with van der Waals surface area (Å²) in [6.45, 7) is 4.92. The molecule has 9 heteroatoms. The molecule has 2 aromatic carbocycles. The van der Waals surface area contributed by atoms with Crippen molar-refractivity contribution in [2.45, 2.75) is 25.7 Å². The monoisotopic (exact) mass is 430 g/mol. The van der Waals surface area contributed by atoms with E-state index in [1.54, 1.807) is 45.0 Å². The number of hydrogen-bond donors (Lipinski definition) is 1. The van der Waals surface area contributed by atoms with Gasteiger partial charge < -0.3 is 10.1 Å². The summed E-state index contributed by atoms with van der Waals surface area (Å²) in [5, 5.41) is 13.3. The molecular weight excluding hydrogens is 408 g/mol. The molecule has 0 atom stereocenters. The van der Waals surface area contributed by atoms with E-state index < -0.39 is 16.3 Å². The molecule has 0 aliphatic heterocycles. The average Bonchev–Trinajstić information content (AvgIpc) is 2.70. The minimum Gasteiger partial charge on any atom is -0.454 e. The average molecular weight is 430 g/mol. The lowest BCUT2D eigenvalue weighted by Crippen LogP contribution is -2.26. The first kappa shape index (κ1) is 23.1. The molecule has 0 aromatic heterocycles. The molecule has 0 fully saturated rings. The van der Waals surface area contributed by atoms with Gasteiger partial charge in [0.2, 0.25) is 5.91 Å². The van der Waals surface area contributed by atoms with Crippen molar-refractivity contribution in [1.82, 2.24) is 0 Å². The number of Topliss-reactive ketones (excluding diaryl/α,β-unsaturated/α-hetero) is 1. The van der Waals surface area contributed by atoms with Crippen LogP contribution in [0.4, 0.5) is 11.4 Å². The van der Waals surface area contributed by atoms with Gasteiger partial charge in [0.15, 0.2) is 12.4 Å². The fourth-order valence-corrected chi connectivity index (χ4v) is 3.03. The number of nitro groups is 1. The van der Waals surface area contributed by atoms with Crippen LogP contribution in [0.25, 0.3) is 0 Å². The van der Waals surface area contributed by atoms with Crippen LogP contribution in [0.15, 0.2) is 53.4 Å². The molecule has 0 heterocycles. The van der Waals surface area contributed by atoms with Crippen molar-refractivity contribution >= 4 is 40.8 Å². The summed E-state index contributed by atoms with van der Waals surface area (Å²) in [6.07, 6.45) is 0. The number of amides is 1. The molecule has 0 saturated heterocycles. The van der Waals surface area contributed by atoms with Crippen LogP contribution in [0.3, 0.4) is 0 Å². The maximum Gasteiger partial charge on any atom is 0.339 e. The van der Waals surface area contributed by atoms with Gasteiger partial charge in [-0.15, -0.1) is 11.8 Å². The highest BCUT2D eigenvalue weighted by Gasteiger charge is 2.23. The van der Waals surface area contributed by atoms with Gasteiger partial charge in [-0.1, -0.05) is 32.9 Å². The highest BCUT2D eigenvalue weighted by molar-refractivity contribution is 8.00. The van der Waals surface area contributed by atoms with Crippen molar-refractivity contribution in [2.24, 2.45) is 5.41 Å². The Bertz CT molecular complexity index is 951. The zero-order valence-electron chi connectivity index (χ0n) is 16.8. The largest absolute Gasteiger partial charge is 0.454 e. The van der Waals surface area contributed by atoms with Gasteiger partial charge in [0.1, 0.15) is 0 Å². The number of thioether (sulfide) groups is 1. The number of carbonyl (C=O) groups excluding carboxylic acids is 3. The van der Waals surface area contributed by atoms with Crippen molar-refractivity contribution in [3.63, 3.8) is 0 Å². The van der Waals surface area contributed by atoms with E-state index in [9.17, 15) is 24.5 Å². The molecule has 2 aromatic rings. The number of carbonyl (C=O) groups is 3. The zero-order valence-corrected chi connectivity index (χ0v) is 17.7. The van der Waals surface area contributed by atoms with Crippen LogP contribution >= 0.6 is 11.8 Å². The Morgan fingerprint density at radius 3 is 2.30 bits per heavy atom. The molecule has 2 rings (SSSR count). The van der Waals surface area contributed by atoms with Crippen LogP contribution < -0.4 is 5.32 Å². The molecule has 1 N–H and O–H groups in total. The SMILES string of the molecule is CC(C)(C)C(=O)COC(=O)c1ccccc1SCC(=O)Nc1ccc([N+](=O)[O-])cc1. The first-order chi connectivity index (χ1) is 14.1. The summed E-state index contributed by atoms with van der Waals surface area (Å²) < 4.78 is 5.13. The topological polar surface area (TPSA) is 116 Å². The lowest BCUT2D eigenvalue weighted by atomic mass is 9.91. The number of non-ortho nitro benzene ring substituents is 1. The number of nitrogens with one attached hydrogen (secondary N) is 1. The molecule has 0 bridgehead atoms. The molecule has 0 saturated carbocycles. The predicted octanol–water partition coefficient (Wildman–Crippen LogP) is 4.10. The number of esters is 1. The van der Waals surface area contributed by atoms with Gasteiger partial charge in [0, 0.05) is 28.1 Å². The second-order valence-corrected chi connectivity index (χ2v) is 8.40. The van der Waals surface area contributed by atoms with E-state index in [4.69, 9.17) is 4.74 Å². The van der Waals surface area contributed by atoms with Crippen LogP contribution in [-0.4, -0.2) is 34.9 Å². The zero-order chi connectivity index (χ0) is 22.3. The summed E-state index contributed by atoms with van der Waals surface area (Å²) in [5.74, 6) is -1.14. The van der Waals surface area contributed by atoms with Crippen molar-refractivity contribution in [2.75, 3.05) is 17.7 Å². The molecule has 0 spiro atoms. The first-order valence-corrected chi connectivity index (χ1v) is 10.0. The maximum absolute atomic E-state index is 12.4. The van der Waals surface area contributed by atoms with E-state index in [0.29, 0.717) is 10.6 Å². The lowest BCUT2D eigenvalue weighted by Gasteiger charge is -2.16. The number of benzene rings is 2. The first-order valence-electron chi connectivity index (χ1n) is 9.04. The van der Waals surface area contributed by atoms with E-state index in [-0.39, 0.29) is 35.3 Å². The van der Waals surface area contributed by atoms with Crippen molar-refractivity contribution in [3.05, 3.63) is 64.2 Å². The quantitative estimate of drug-likeness (QED) is 0.290. The van der Waals surface area contributed by atoms with Crippen LogP contribution in [0.2, 0.25) is 0 Å². The van der Waals surface area contributed by atoms with E-state index in [1.807, 2.05) is 0 Å². The number of nitro benzene ring substituents is 1. The highest BCUT2D eigenvalue weighted by atomic mass is 32.2. The fourth-order valence-electron chi connectivity index (χ4n) is 2.19. The molecule has 0 radical (unpaired) electrons. The maximum atomic E-state index is 12.4. The number of rotatable bonds is 8. The highest BCUT2D eigenvalue weighted by Crippen LogP contribution is 2.24. The number of hydrogen-bond acceptors (Lipinski definition) is 7. The Morgan fingerprint density at radius 1 is 1.07 bits per heavy atom. The smallest absolute Gasteiger partial charge is 0.339 e. The van der Waals surface area contributed by atoms with Crippen LogP contribution in [0.5, 0.6) is 0 Å². The Labute approximate surface area is 178 Å². The number of ether oxygens (including phenoxy) is 1. The fraction of sp³-hybridized carbons (Fsp3) is 0.286. The Hall–Kier alpha value is -3.20. The molecule has 0 aliphatic rings. The van der Waals surface area contributed by atoms with Gasteiger partial charge in [0.25, 0.3) is 5.69 Å².